The summed E-state index contributed by atoms with van der Waals surface area (Å²) >= 11 is 0. The molecule has 0 fully saturated rings. The van der Waals surface area contributed by atoms with Crippen molar-refractivity contribution >= 4 is 43.1 Å². The van der Waals surface area contributed by atoms with Crippen LogP contribution in [-0.2, 0) is 0 Å². The van der Waals surface area contributed by atoms with Crippen LogP contribution in [0, 0.1) is 0 Å². The fourth-order valence-corrected chi connectivity index (χ4v) is 5.19. The van der Waals surface area contributed by atoms with E-state index in [0.717, 1.165) is 0 Å². The largest absolute Gasteiger partial charge is 0.0616 e. The number of hydrogen-bond donors (Lipinski definition) is 0. The zero-order chi connectivity index (χ0) is 22.5. The van der Waals surface area contributed by atoms with E-state index in [-0.39, 0.29) is 0 Å². The van der Waals surface area contributed by atoms with Crippen LogP contribution < -0.4 is 0 Å². The maximum Gasteiger partial charge on any atom is -0.0105 e. The third kappa shape index (κ3) is 3.16. The van der Waals surface area contributed by atoms with Gasteiger partial charge in [-0.15, -0.1) is 0 Å². The van der Waals surface area contributed by atoms with Gasteiger partial charge < -0.3 is 0 Å². The standard InChI is InChI=1S/C34H22/c1-2-8-25-18-26(13-12-23(25)6-1)27-14-15-28-21-32-22-30(17-16-29(32)20-31(28)19-27)34-11-5-9-24-7-3-4-10-33(24)34/h1-22H. The lowest BCUT2D eigenvalue weighted by molar-refractivity contribution is 1.67. The molecule has 0 saturated carbocycles. The first-order valence-corrected chi connectivity index (χ1v) is 11.8. The van der Waals surface area contributed by atoms with Crippen LogP contribution in [0.3, 0.4) is 0 Å². The molecule has 0 spiro atoms. The minimum Gasteiger partial charge on any atom is -0.0616 e. The van der Waals surface area contributed by atoms with Crippen LogP contribution in [-0.4, -0.2) is 0 Å². The molecule has 0 heteroatoms. The van der Waals surface area contributed by atoms with Gasteiger partial charge in [0.25, 0.3) is 0 Å². The predicted octanol–water partition coefficient (Wildman–Crippen LogP) is 9.63. The summed E-state index contributed by atoms with van der Waals surface area (Å²) in [6, 6.07) is 48.7. The number of fused-ring (bicyclic) bond motifs is 4. The van der Waals surface area contributed by atoms with Crippen LogP contribution in [0.2, 0.25) is 0 Å². The molecule has 0 heterocycles. The van der Waals surface area contributed by atoms with E-state index >= 15 is 0 Å². The van der Waals surface area contributed by atoms with E-state index < -0.39 is 0 Å². The average molecular weight is 431 g/mol. The molecule has 0 radical (unpaired) electrons. The molecule has 0 aliphatic carbocycles. The van der Waals surface area contributed by atoms with Crippen LogP contribution in [0.15, 0.2) is 133 Å². The molecule has 0 saturated heterocycles. The lowest BCUT2D eigenvalue weighted by Crippen LogP contribution is -1.84. The van der Waals surface area contributed by atoms with Gasteiger partial charge in [-0.05, 0) is 95.7 Å². The van der Waals surface area contributed by atoms with Crippen molar-refractivity contribution in [2.45, 2.75) is 0 Å². The van der Waals surface area contributed by atoms with Gasteiger partial charge in [0.05, 0.1) is 0 Å². The Hall–Kier alpha value is -4.42. The molecule has 7 aromatic carbocycles. The van der Waals surface area contributed by atoms with Gasteiger partial charge in [0, 0.05) is 0 Å². The minimum absolute atomic E-state index is 1.25. The first-order chi connectivity index (χ1) is 16.8. The lowest BCUT2D eigenvalue weighted by Gasteiger charge is -2.10. The van der Waals surface area contributed by atoms with Crippen molar-refractivity contribution in [2.24, 2.45) is 0 Å². The van der Waals surface area contributed by atoms with E-state index in [4.69, 9.17) is 0 Å². The molecule has 0 aliphatic heterocycles. The zero-order valence-electron chi connectivity index (χ0n) is 18.7. The summed E-state index contributed by atoms with van der Waals surface area (Å²) in [7, 11) is 0. The Morgan fingerprint density at radius 2 is 0.765 bits per heavy atom. The molecule has 7 aromatic rings. The van der Waals surface area contributed by atoms with Gasteiger partial charge in [-0.1, -0.05) is 103 Å². The molecule has 158 valence electrons. The summed E-state index contributed by atoms with van der Waals surface area (Å²) in [6.45, 7) is 0. The smallest absolute Gasteiger partial charge is 0.0105 e. The molecule has 34 heavy (non-hydrogen) atoms. The van der Waals surface area contributed by atoms with E-state index in [1.54, 1.807) is 0 Å². The average Bonchev–Trinajstić information content (AvgIpc) is 2.90. The highest BCUT2D eigenvalue weighted by atomic mass is 14.1. The summed E-state index contributed by atoms with van der Waals surface area (Å²) in [5.41, 5.74) is 5.06. The maximum absolute atomic E-state index is 2.33. The van der Waals surface area contributed by atoms with Gasteiger partial charge in [-0.2, -0.15) is 0 Å². The Morgan fingerprint density at radius 1 is 0.265 bits per heavy atom. The third-order valence-electron chi connectivity index (χ3n) is 6.98. The molecule has 7 rings (SSSR count). The molecule has 0 aliphatic rings. The molecule has 0 bridgehead atoms. The second-order valence-corrected chi connectivity index (χ2v) is 9.06. The fraction of sp³-hybridized carbons (Fsp3) is 0. The van der Waals surface area contributed by atoms with Gasteiger partial charge in [-0.25, -0.2) is 0 Å². The monoisotopic (exact) mass is 430 g/mol. The molecule has 0 unspecified atom stereocenters. The molecule has 0 aromatic heterocycles. The molecule has 0 amide bonds. The van der Waals surface area contributed by atoms with Crippen molar-refractivity contribution in [1.82, 2.24) is 0 Å². The predicted molar refractivity (Wildman–Crippen MR) is 147 cm³/mol. The number of benzene rings is 7. The second-order valence-electron chi connectivity index (χ2n) is 9.06. The van der Waals surface area contributed by atoms with Crippen LogP contribution in [0.5, 0.6) is 0 Å². The first-order valence-electron chi connectivity index (χ1n) is 11.8. The van der Waals surface area contributed by atoms with E-state index in [0.29, 0.717) is 0 Å². The summed E-state index contributed by atoms with van der Waals surface area (Å²) in [6.07, 6.45) is 0. The number of hydrogen-bond acceptors (Lipinski definition) is 0. The van der Waals surface area contributed by atoms with Crippen molar-refractivity contribution in [3.05, 3.63) is 133 Å². The lowest BCUT2D eigenvalue weighted by atomic mass is 9.94. The van der Waals surface area contributed by atoms with Crippen molar-refractivity contribution < 1.29 is 0 Å². The van der Waals surface area contributed by atoms with Gasteiger partial charge >= 0.3 is 0 Å². The van der Waals surface area contributed by atoms with Gasteiger partial charge in [0.1, 0.15) is 0 Å². The summed E-state index contributed by atoms with van der Waals surface area (Å²) in [5, 5.41) is 10.2. The van der Waals surface area contributed by atoms with Crippen molar-refractivity contribution in [2.75, 3.05) is 0 Å². The SMILES string of the molecule is c1ccc2cc(-c3ccc4cc5cc(-c6cccc7ccccc67)ccc5cc4c3)ccc2c1. The molecule has 0 N–H and O–H groups in total. The first kappa shape index (κ1) is 19.1. The van der Waals surface area contributed by atoms with E-state index in [2.05, 4.69) is 133 Å². The zero-order valence-corrected chi connectivity index (χ0v) is 18.7. The van der Waals surface area contributed by atoms with Crippen LogP contribution in [0.4, 0.5) is 0 Å². The quantitative estimate of drug-likeness (QED) is 0.239. The topological polar surface area (TPSA) is 0 Å². The second kappa shape index (κ2) is 7.57. The summed E-state index contributed by atoms with van der Waals surface area (Å²) in [5.74, 6) is 0. The van der Waals surface area contributed by atoms with Crippen LogP contribution in [0.25, 0.3) is 65.3 Å². The third-order valence-corrected chi connectivity index (χ3v) is 6.98. The Labute approximate surface area is 198 Å². The normalized spacial score (nSPS) is 11.5. The fourth-order valence-electron chi connectivity index (χ4n) is 5.19. The van der Waals surface area contributed by atoms with Gasteiger partial charge in [-0.3, -0.25) is 0 Å². The minimum atomic E-state index is 1.25. The van der Waals surface area contributed by atoms with Crippen LogP contribution in [0.1, 0.15) is 0 Å². The Morgan fingerprint density at radius 3 is 1.53 bits per heavy atom. The Balaban J connectivity index is 1.34. The summed E-state index contributed by atoms with van der Waals surface area (Å²) in [4.78, 5) is 0. The van der Waals surface area contributed by atoms with Crippen molar-refractivity contribution in [3.63, 3.8) is 0 Å². The maximum atomic E-state index is 2.33. The molecular weight excluding hydrogens is 408 g/mol. The van der Waals surface area contributed by atoms with E-state index in [1.165, 1.54) is 65.3 Å². The highest BCUT2D eigenvalue weighted by Gasteiger charge is 2.07. The van der Waals surface area contributed by atoms with Crippen molar-refractivity contribution in [3.8, 4) is 22.3 Å². The van der Waals surface area contributed by atoms with Crippen LogP contribution >= 0.6 is 0 Å². The Kier molecular flexibility index (Phi) is 4.25. The van der Waals surface area contributed by atoms with Gasteiger partial charge in [0.2, 0.25) is 0 Å². The van der Waals surface area contributed by atoms with E-state index in [1.807, 2.05) is 0 Å². The molecular formula is C34H22. The van der Waals surface area contributed by atoms with Crippen molar-refractivity contribution in [1.29, 1.82) is 0 Å². The number of rotatable bonds is 2. The van der Waals surface area contributed by atoms with Gasteiger partial charge in [0.15, 0.2) is 0 Å². The Bertz CT molecular complexity index is 1850. The molecule has 0 atom stereocenters. The highest BCUT2D eigenvalue weighted by Crippen LogP contribution is 2.34. The summed E-state index contributed by atoms with van der Waals surface area (Å²) < 4.78 is 0. The highest BCUT2D eigenvalue weighted by molar-refractivity contribution is 6.03. The van der Waals surface area contributed by atoms with E-state index in [9.17, 15) is 0 Å². The molecule has 0 nitrogen and oxygen atoms in total.